The number of benzene rings is 3. The van der Waals surface area contributed by atoms with E-state index in [1.165, 1.54) is 0 Å². The monoisotopic (exact) mass is 361 g/mol. The predicted octanol–water partition coefficient (Wildman–Crippen LogP) is 4.64. The molecule has 4 nitrogen and oxygen atoms in total. The zero-order valence-corrected chi connectivity index (χ0v) is 15.6. The van der Waals surface area contributed by atoms with E-state index in [1.807, 2.05) is 74.5 Å². The Morgan fingerprint density at radius 2 is 1.81 bits per heavy atom. The van der Waals surface area contributed by atoms with E-state index in [-0.39, 0.29) is 24.2 Å². The van der Waals surface area contributed by atoms with Gasteiger partial charge in [-0.25, -0.2) is 0 Å². The number of carbonyl (C=O) groups excluding carboxylic acids is 1. The Bertz CT molecular complexity index is 980. The van der Waals surface area contributed by atoms with Crippen molar-refractivity contribution in [2.75, 3.05) is 6.61 Å². The van der Waals surface area contributed by atoms with Crippen LogP contribution in [0.1, 0.15) is 31.9 Å². The summed E-state index contributed by atoms with van der Waals surface area (Å²) in [6.45, 7) is 4.06. The first kappa shape index (κ1) is 17.4. The van der Waals surface area contributed by atoms with Gasteiger partial charge < -0.3 is 14.8 Å². The van der Waals surface area contributed by atoms with Crippen molar-refractivity contribution in [1.29, 1.82) is 0 Å². The van der Waals surface area contributed by atoms with Crippen molar-refractivity contribution in [2.24, 2.45) is 0 Å². The smallest absolute Gasteiger partial charge is 0.258 e. The third kappa shape index (κ3) is 3.90. The number of ether oxygens (including phenoxy) is 2. The molecule has 0 bridgehead atoms. The van der Waals surface area contributed by atoms with Crippen LogP contribution in [0.4, 0.5) is 0 Å². The second kappa shape index (κ2) is 6.95. The van der Waals surface area contributed by atoms with Crippen LogP contribution in [-0.4, -0.2) is 18.1 Å². The fraction of sp³-hybridized carbons (Fsp3) is 0.261. The second-order valence-electron chi connectivity index (χ2n) is 7.52. The molecule has 0 saturated carbocycles. The summed E-state index contributed by atoms with van der Waals surface area (Å²) in [4.78, 5) is 12.5. The highest BCUT2D eigenvalue weighted by Gasteiger charge is 2.34. The summed E-state index contributed by atoms with van der Waals surface area (Å²) in [6.07, 6.45) is 0.714. The Balaban J connectivity index is 1.43. The van der Waals surface area contributed by atoms with Crippen LogP contribution in [-0.2, 0) is 4.79 Å². The van der Waals surface area contributed by atoms with Crippen molar-refractivity contribution in [1.82, 2.24) is 5.32 Å². The Kier molecular flexibility index (Phi) is 4.48. The van der Waals surface area contributed by atoms with E-state index in [0.29, 0.717) is 12.2 Å². The van der Waals surface area contributed by atoms with Crippen molar-refractivity contribution in [3.63, 3.8) is 0 Å². The average Bonchev–Trinajstić information content (AvgIpc) is 2.65. The van der Waals surface area contributed by atoms with Crippen molar-refractivity contribution < 1.29 is 14.3 Å². The number of hydrogen-bond donors (Lipinski definition) is 1. The molecule has 4 heteroatoms. The lowest BCUT2D eigenvalue weighted by atomic mass is 9.90. The topological polar surface area (TPSA) is 47.6 Å². The van der Waals surface area contributed by atoms with Crippen LogP contribution in [0, 0.1) is 0 Å². The maximum atomic E-state index is 12.5. The SMILES string of the molecule is CC1(C)C[C@@H](NC(=O)COc2ccc3ccccc3c2)c2ccccc2O1. The molecule has 27 heavy (non-hydrogen) atoms. The van der Waals surface area contributed by atoms with Crippen LogP contribution < -0.4 is 14.8 Å². The van der Waals surface area contributed by atoms with Gasteiger partial charge in [0.1, 0.15) is 17.1 Å². The van der Waals surface area contributed by atoms with Gasteiger partial charge in [-0.1, -0.05) is 48.5 Å². The molecule has 3 aromatic rings. The molecule has 0 aromatic heterocycles. The summed E-state index contributed by atoms with van der Waals surface area (Å²) < 4.78 is 11.7. The minimum atomic E-state index is -0.328. The number of fused-ring (bicyclic) bond motifs is 2. The fourth-order valence-corrected chi connectivity index (χ4v) is 3.57. The number of carbonyl (C=O) groups is 1. The zero-order valence-electron chi connectivity index (χ0n) is 15.6. The minimum Gasteiger partial charge on any atom is -0.487 e. The molecule has 1 amide bonds. The van der Waals surface area contributed by atoms with Gasteiger partial charge in [-0.05, 0) is 42.8 Å². The predicted molar refractivity (Wildman–Crippen MR) is 106 cm³/mol. The molecular weight excluding hydrogens is 338 g/mol. The number of para-hydroxylation sites is 1. The Hall–Kier alpha value is -3.01. The summed E-state index contributed by atoms with van der Waals surface area (Å²) in [5.41, 5.74) is 0.682. The third-order valence-electron chi connectivity index (χ3n) is 4.80. The summed E-state index contributed by atoms with van der Waals surface area (Å²) in [6, 6.07) is 21.7. The van der Waals surface area contributed by atoms with Crippen LogP contribution in [0.3, 0.4) is 0 Å². The van der Waals surface area contributed by atoms with E-state index in [0.717, 1.165) is 22.1 Å². The molecule has 0 radical (unpaired) electrons. The first-order valence-corrected chi connectivity index (χ1v) is 9.19. The van der Waals surface area contributed by atoms with E-state index in [4.69, 9.17) is 9.47 Å². The molecule has 1 N–H and O–H groups in total. The second-order valence-corrected chi connectivity index (χ2v) is 7.52. The van der Waals surface area contributed by atoms with Crippen molar-refractivity contribution in [3.8, 4) is 11.5 Å². The molecule has 0 aliphatic carbocycles. The molecule has 4 rings (SSSR count). The Morgan fingerprint density at radius 3 is 2.67 bits per heavy atom. The van der Waals surface area contributed by atoms with Crippen molar-refractivity contribution >= 4 is 16.7 Å². The first-order valence-electron chi connectivity index (χ1n) is 9.19. The number of nitrogens with one attached hydrogen (secondary N) is 1. The van der Waals surface area contributed by atoms with Gasteiger partial charge in [-0.3, -0.25) is 4.79 Å². The third-order valence-corrected chi connectivity index (χ3v) is 4.80. The highest BCUT2D eigenvalue weighted by Crippen LogP contribution is 2.39. The zero-order chi connectivity index (χ0) is 18.9. The molecule has 3 aromatic carbocycles. The van der Waals surface area contributed by atoms with E-state index in [1.54, 1.807) is 0 Å². The van der Waals surface area contributed by atoms with Crippen molar-refractivity contribution in [3.05, 3.63) is 72.3 Å². The molecule has 1 heterocycles. The van der Waals surface area contributed by atoms with Gasteiger partial charge in [0.2, 0.25) is 0 Å². The molecule has 0 saturated heterocycles. The van der Waals surface area contributed by atoms with Crippen LogP contribution in [0.2, 0.25) is 0 Å². The highest BCUT2D eigenvalue weighted by atomic mass is 16.5. The molecule has 0 spiro atoms. The van der Waals surface area contributed by atoms with E-state index >= 15 is 0 Å². The summed E-state index contributed by atoms with van der Waals surface area (Å²) in [5, 5.41) is 5.34. The fourth-order valence-electron chi connectivity index (χ4n) is 3.57. The molecule has 1 aliphatic heterocycles. The number of amides is 1. The Labute approximate surface area is 159 Å². The molecular formula is C23H23NO3. The summed E-state index contributed by atoms with van der Waals surface area (Å²) in [7, 11) is 0. The van der Waals surface area contributed by atoms with Gasteiger partial charge >= 0.3 is 0 Å². The number of hydrogen-bond acceptors (Lipinski definition) is 3. The van der Waals surface area contributed by atoms with Gasteiger partial charge in [0.05, 0.1) is 6.04 Å². The van der Waals surface area contributed by atoms with Gasteiger partial charge in [0, 0.05) is 12.0 Å². The molecule has 0 fully saturated rings. The lowest BCUT2D eigenvalue weighted by molar-refractivity contribution is -0.124. The van der Waals surface area contributed by atoms with Gasteiger partial charge in [0.25, 0.3) is 5.91 Å². The van der Waals surface area contributed by atoms with Gasteiger partial charge in [0.15, 0.2) is 6.61 Å². The van der Waals surface area contributed by atoms with E-state index in [2.05, 4.69) is 11.4 Å². The van der Waals surface area contributed by atoms with Gasteiger partial charge in [-0.15, -0.1) is 0 Å². The van der Waals surface area contributed by atoms with Gasteiger partial charge in [-0.2, -0.15) is 0 Å². The number of rotatable bonds is 4. The largest absolute Gasteiger partial charge is 0.487 e. The Morgan fingerprint density at radius 1 is 1.07 bits per heavy atom. The maximum Gasteiger partial charge on any atom is 0.258 e. The van der Waals surface area contributed by atoms with E-state index in [9.17, 15) is 4.79 Å². The van der Waals surface area contributed by atoms with E-state index < -0.39 is 0 Å². The van der Waals surface area contributed by atoms with Crippen LogP contribution in [0.25, 0.3) is 10.8 Å². The van der Waals surface area contributed by atoms with Crippen LogP contribution in [0.5, 0.6) is 11.5 Å². The van der Waals surface area contributed by atoms with Crippen LogP contribution >= 0.6 is 0 Å². The maximum absolute atomic E-state index is 12.5. The molecule has 1 atom stereocenters. The lowest BCUT2D eigenvalue weighted by Gasteiger charge is -2.37. The van der Waals surface area contributed by atoms with Crippen molar-refractivity contribution in [2.45, 2.75) is 31.9 Å². The lowest BCUT2D eigenvalue weighted by Crippen LogP contribution is -2.42. The molecule has 138 valence electrons. The normalized spacial score (nSPS) is 17.6. The quantitative estimate of drug-likeness (QED) is 0.737. The van der Waals surface area contributed by atoms with Crippen LogP contribution in [0.15, 0.2) is 66.7 Å². The minimum absolute atomic E-state index is 0.0156. The first-order chi connectivity index (χ1) is 13.0. The highest BCUT2D eigenvalue weighted by molar-refractivity contribution is 5.84. The molecule has 0 unspecified atom stereocenters. The average molecular weight is 361 g/mol. The molecule has 1 aliphatic rings. The summed E-state index contributed by atoms with van der Waals surface area (Å²) >= 11 is 0. The summed E-state index contributed by atoms with van der Waals surface area (Å²) in [5.74, 6) is 1.38. The standard InChI is InChI=1S/C23H23NO3/c1-23(2)14-20(19-9-5-6-10-21(19)27-23)24-22(25)15-26-18-12-11-16-7-3-4-8-17(16)13-18/h3-13,20H,14-15H2,1-2H3,(H,24,25)/t20-/m1/s1.